The first-order valence-electron chi connectivity index (χ1n) is 7.34. The molecule has 1 aromatic rings. The topological polar surface area (TPSA) is 38.8 Å². The normalized spacial score (nSPS) is 24.5. The number of rotatable bonds is 2. The van der Waals surface area contributed by atoms with E-state index in [2.05, 4.69) is 0 Å². The minimum Gasteiger partial charge on any atom is -0.379 e. The summed E-state index contributed by atoms with van der Waals surface area (Å²) >= 11 is 0. The highest BCUT2D eigenvalue weighted by Crippen LogP contribution is 2.37. The molecule has 4 nitrogen and oxygen atoms in total. The summed E-state index contributed by atoms with van der Waals surface area (Å²) in [4.78, 5) is 14.1. The molecule has 1 amide bonds. The summed E-state index contributed by atoms with van der Waals surface area (Å²) in [6.45, 7) is 1.82. The van der Waals surface area contributed by atoms with Crippen molar-refractivity contribution in [2.75, 3.05) is 26.8 Å². The fraction of sp³-hybridized carbons (Fsp3) is 0.562. The van der Waals surface area contributed by atoms with Gasteiger partial charge in [0, 0.05) is 26.6 Å². The number of nitrogens with zero attached hydrogens (tertiary/aromatic N) is 1. The number of likely N-dealkylation sites (tertiary alicyclic amines) is 1. The van der Waals surface area contributed by atoms with E-state index in [4.69, 9.17) is 9.47 Å². The van der Waals surface area contributed by atoms with E-state index in [1.807, 2.05) is 0 Å². The fourth-order valence-electron chi connectivity index (χ4n) is 3.22. The summed E-state index contributed by atoms with van der Waals surface area (Å²) < 4.78 is 24.9. The van der Waals surface area contributed by atoms with E-state index >= 15 is 0 Å². The Hall–Kier alpha value is -1.46. The SMILES string of the molecule is CO[C@H]1COC2(CCN(C(=O)c3ccccc3F)CC2)C1. The third-order valence-corrected chi connectivity index (χ3v) is 4.57. The lowest BCUT2D eigenvalue weighted by Crippen LogP contribution is -2.46. The Morgan fingerprint density at radius 2 is 2.10 bits per heavy atom. The maximum absolute atomic E-state index is 13.7. The molecule has 2 heterocycles. The van der Waals surface area contributed by atoms with Crippen molar-refractivity contribution in [3.05, 3.63) is 35.6 Å². The molecule has 1 aromatic carbocycles. The molecule has 0 saturated carbocycles. The van der Waals surface area contributed by atoms with Crippen molar-refractivity contribution in [3.8, 4) is 0 Å². The second kappa shape index (κ2) is 5.73. The van der Waals surface area contributed by atoms with E-state index in [1.165, 1.54) is 12.1 Å². The first kappa shape index (κ1) is 14.5. The van der Waals surface area contributed by atoms with Crippen LogP contribution in [-0.2, 0) is 9.47 Å². The Morgan fingerprint density at radius 1 is 1.38 bits per heavy atom. The Bertz CT molecular complexity index is 526. The largest absolute Gasteiger partial charge is 0.379 e. The van der Waals surface area contributed by atoms with Gasteiger partial charge in [-0.2, -0.15) is 0 Å². The van der Waals surface area contributed by atoms with Crippen molar-refractivity contribution in [3.63, 3.8) is 0 Å². The second-order valence-corrected chi connectivity index (χ2v) is 5.83. The average molecular weight is 293 g/mol. The molecular weight excluding hydrogens is 273 g/mol. The van der Waals surface area contributed by atoms with Crippen molar-refractivity contribution in [2.45, 2.75) is 31.0 Å². The summed E-state index contributed by atoms with van der Waals surface area (Å²) in [6.07, 6.45) is 2.60. The number of halogens is 1. The van der Waals surface area contributed by atoms with Gasteiger partial charge in [0.05, 0.1) is 23.9 Å². The highest BCUT2D eigenvalue weighted by Gasteiger charge is 2.43. The Morgan fingerprint density at radius 3 is 2.71 bits per heavy atom. The Labute approximate surface area is 123 Å². The van der Waals surface area contributed by atoms with Crippen molar-refractivity contribution in [1.29, 1.82) is 0 Å². The molecule has 2 saturated heterocycles. The smallest absolute Gasteiger partial charge is 0.256 e. The first-order valence-corrected chi connectivity index (χ1v) is 7.34. The summed E-state index contributed by atoms with van der Waals surface area (Å²) in [7, 11) is 1.70. The van der Waals surface area contributed by atoms with Gasteiger partial charge in [-0.3, -0.25) is 4.79 Å². The highest BCUT2D eigenvalue weighted by atomic mass is 19.1. The molecule has 0 aromatic heterocycles. The maximum Gasteiger partial charge on any atom is 0.256 e. The highest BCUT2D eigenvalue weighted by molar-refractivity contribution is 5.94. The minimum atomic E-state index is -0.459. The molecule has 0 aliphatic carbocycles. The van der Waals surface area contributed by atoms with Crippen molar-refractivity contribution in [2.24, 2.45) is 0 Å². The second-order valence-electron chi connectivity index (χ2n) is 5.83. The molecule has 5 heteroatoms. The number of amides is 1. The standard InChI is InChI=1S/C16H20FNO3/c1-20-12-10-16(21-11-12)6-8-18(9-7-16)15(19)13-4-2-3-5-14(13)17/h2-5,12H,6-11H2,1H3/t12-/m1/s1. The minimum absolute atomic E-state index is 0.149. The summed E-state index contributed by atoms with van der Waals surface area (Å²) in [5.41, 5.74) is -0.0114. The lowest BCUT2D eigenvalue weighted by Gasteiger charge is -2.38. The van der Waals surface area contributed by atoms with Crippen LogP contribution >= 0.6 is 0 Å². The van der Waals surface area contributed by atoms with Gasteiger partial charge in [0.15, 0.2) is 0 Å². The van der Waals surface area contributed by atoms with E-state index in [0.717, 1.165) is 19.3 Å². The number of carbonyl (C=O) groups excluding carboxylic acids is 1. The number of hydrogen-bond acceptors (Lipinski definition) is 3. The molecule has 0 bridgehead atoms. The van der Waals surface area contributed by atoms with Gasteiger partial charge in [0.1, 0.15) is 5.82 Å². The Balaban J connectivity index is 1.64. The first-order chi connectivity index (χ1) is 10.1. The quantitative estimate of drug-likeness (QED) is 0.839. The van der Waals surface area contributed by atoms with E-state index < -0.39 is 5.82 Å². The molecule has 114 valence electrons. The zero-order valence-corrected chi connectivity index (χ0v) is 12.2. The van der Waals surface area contributed by atoms with Crippen LogP contribution in [0.3, 0.4) is 0 Å². The third kappa shape index (κ3) is 2.80. The maximum atomic E-state index is 13.7. The number of benzene rings is 1. The van der Waals surface area contributed by atoms with Crippen molar-refractivity contribution >= 4 is 5.91 Å². The molecular formula is C16H20FNO3. The van der Waals surface area contributed by atoms with Crippen LogP contribution in [0.1, 0.15) is 29.6 Å². The lowest BCUT2D eigenvalue weighted by atomic mass is 9.87. The van der Waals surface area contributed by atoms with Crippen LogP contribution in [0.15, 0.2) is 24.3 Å². The van der Waals surface area contributed by atoms with Crippen molar-refractivity contribution < 1.29 is 18.7 Å². The molecule has 1 spiro atoms. The van der Waals surface area contributed by atoms with Gasteiger partial charge in [-0.1, -0.05) is 12.1 Å². The number of methoxy groups -OCH3 is 1. The van der Waals surface area contributed by atoms with Crippen LogP contribution in [0.25, 0.3) is 0 Å². The molecule has 2 aliphatic rings. The van der Waals surface area contributed by atoms with Gasteiger partial charge in [-0.25, -0.2) is 4.39 Å². The molecule has 2 aliphatic heterocycles. The Kier molecular flexibility index (Phi) is 3.95. The van der Waals surface area contributed by atoms with Crippen LogP contribution < -0.4 is 0 Å². The predicted octanol–water partition coefficient (Wildman–Crippen LogP) is 2.24. The van der Waals surface area contributed by atoms with Crippen LogP contribution in [0.2, 0.25) is 0 Å². The summed E-state index contributed by atoms with van der Waals surface area (Å²) in [6, 6.07) is 6.14. The van der Waals surface area contributed by atoms with Crippen molar-refractivity contribution in [1.82, 2.24) is 4.90 Å². The van der Waals surface area contributed by atoms with E-state index in [-0.39, 0.29) is 23.2 Å². The van der Waals surface area contributed by atoms with E-state index in [1.54, 1.807) is 24.1 Å². The number of piperidine rings is 1. The monoisotopic (exact) mass is 293 g/mol. The average Bonchev–Trinajstić information content (AvgIpc) is 2.91. The molecule has 21 heavy (non-hydrogen) atoms. The van der Waals surface area contributed by atoms with Crippen LogP contribution in [-0.4, -0.2) is 49.3 Å². The number of ether oxygens (including phenoxy) is 2. The molecule has 3 rings (SSSR count). The van der Waals surface area contributed by atoms with Crippen LogP contribution in [0, 0.1) is 5.82 Å². The van der Waals surface area contributed by atoms with Gasteiger partial charge in [0.25, 0.3) is 5.91 Å². The van der Waals surface area contributed by atoms with Crippen LogP contribution in [0.4, 0.5) is 4.39 Å². The fourth-order valence-corrected chi connectivity index (χ4v) is 3.22. The number of hydrogen-bond donors (Lipinski definition) is 0. The third-order valence-electron chi connectivity index (χ3n) is 4.57. The zero-order chi connectivity index (χ0) is 14.9. The molecule has 2 fully saturated rings. The van der Waals surface area contributed by atoms with Gasteiger partial charge < -0.3 is 14.4 Å². The van der Waals surface area contributed by atoms with Crippen LogP contribution in [0.5, 0.6) is 0 Å². The zero-order valence-electron chi connectivity index (χ0n) is 12.2. The van der Waals surface area contributed by atoms with Gasteiger partial charge in [-0.05, 0) is 25.0 Å². The number of carbonyl (C=O) groups is 1. The summed E-state index contributed by atoms with van der Waals surface area (Å²) in [5, 5.41) is 0. The molecule has 1 atom stereocenters. The van der Waals surface area contributed by atoms with Gasteiger partial charge in [-0.15, -0.1) is 0 Å². The molecule has 0 radical (unpaired) electrons. The lowest BCUT2D eigenvalue weighted by molar-refractivity contribution is -0.0402. The van der Waals surface area contributed by atoms with Gasteiger partial charge in [0.2, 0.25) is 0 Å². The summed E-state index contributed by atoms with van der Waals surface area (Å²) in [5.74, 6) is -0.691. The molecule has 0 unspecified atom stereocenters. The van der Waals surface area contributed by atoms with E-state index in [0.29, 0.717) is 19.7 Å². The van der Waals surface area contributed by atoms with E-state index in [9.17, 15) is 9.18 Å². The molecule has 0 N–H and O–H groups in total. The predicted molar refractivity (Wildman–Crippen MR) is 75.6 cm³/mol. The van der Waals surface area contributed by atoms with Gasteiger partial charge >= 0.3 is 0 Å².